The van der Waals surface area contributed by atoms with Gasteiger partial charge in [0, 0.05) is 14.1 Å². The van der Waals surface area contributed by atoms with Crippen LogP contribution in [0.1, 0.15) is 17.3 Å². The second kappa shape index (κ2) is 6.75. The fourth-order valence-corrected chi connectivity index (χ4v) is 2.84. The van der Waals surface area contributed by atoms with E-state index in [-0.39, 0.29) is 16.2 Å². The summed E-state index contributed by atoms with van der Waals surface area (Å²) < 4.78 is 31.4. The minimum absolute atomic E-state index is 0.0679. The topological polar surface area (TPSA) is 113 Å². The fraction of sp³-hybridized carbons (Fsp3) is 0.385. The summed E-state index contributed by atoms with van der Waals surface area (Å²) >= 11 is 0. The number of carbonyl (C=O) groups excluding carboxylic acids is 1. The van der Waals surface area contributed by atoms with Crippen LogP contribution in [0.5, 0.6) is 5.75 Å². The lowest BCUT2D eigenvalue weighted by Gasteiger charge is -2.15. The number of benzene rings is 1. The summed E-state index contributed by atoms with van der Waals surface area (Å²) in [5, 5.41) is 8.78. The number of nitrogens with one attached hydrogen (secondary N) is 1. The van der Waals surface area contributed by atoms with Crippen molar-refractivity contribution in [2.75, 3.05) is 21.2 Å². The van der Waals surface area contributed by atoms with Gasteiger partial charge in [-0.2, -0.15) is 4.72 Å². The number of carbonyl (C=O) groups is 2. The summed E-state index contributed by atoms with van der Waals surface area (Å²) in [6, 6.07) is 2.44. The molecule has 0 saturated heterocycles. The molecular weight excluding hydrogens is 312 g/mol. The van der Waals surface area contributed by atoms with Crippen LogP contribution < -0.4 is 9.46 Å². The standard InChI is InChI=1S/C13H18N2O6S/c1-8(13(17)18)14-22(19,20)9-5-6-11(21-4)10(7-9)12(16)15(2)3/h5-8,14H,1-4H3,(H,17,18). The third-order valence-electron chi connectivity index (χ3n) is 2.82. The molecule has 0 spiro atoms. The molecule has 0 heterocycles. The molecule has 0 aliphatic heterocycles. The summed E-state index contributed by atoms with van der Waals surface area (Å²) in [6.07, 6.45) is 0. The van der Waals surface area contributed by atoms with Crippen LogP contribution >= 0.6 is 0 Å². The van der Waals surface area contributed by atoms with Crippen LogP contribution in [-0.2, 0) is 14.8 Å². The second-order valence-electron chi connectivity index (χ2n) is 4.74. The Hall–Kier alpha value is -2.13. The third kappa shape index (κ3) is 3.95. The van der Waals surface area contributed by atoms with E-state index < -0.39 is 27.9 Å². The molecule has 0 aliphatic rings. The zero-order valence-corrected chi connectivity index (χ0v) is 13.5. The van der Waals surface area contributed by atoms with Gasteiger partial charge in [0.2, 0.25) is 10.0 Å². The van der Waals surface area contributed by atoms with Gasteiger partial charge in [-0.15, -0.1) is 0 Å². The van der Waals surface area contributed by atoms with Crippen molar-refractivity contribution in [1.29, 1.82) is 0 Å². The van der Waals surface area contributed by atoms with Crippen LogP contribution in [0, 0.1) is 0 Å². The Kier molecular flexibility index (Phi) is 5.50. The van der Waals surface area contributed by atoms with Crippen LogP contribution in [-0.4, -0.2) is 57.5 Å². The number of amides is 1. The molecule has 1 aromatic carbocycles. The smallest absolute Gasteiger partial charge is 0.321 e. The summed E-state index contributed by atoms with van der Waals surface area (Å²) in [5.41, 5.74) is 0.0679. The van der Waals surface area contributed by atoms with E-state index in [0.29, 0.717) is 0 Å². The molecule has 8 nitrogen and oxygen atoms in total. The lowest BCUT2D eigenvalue weighted by atomic mass is 10.2. The molecule has 1 atom stereocenters. The molecule has 0 saturated carbocycles. The predicted molar refractivity (Wildman–Crippen MR) is 78.4 cm³/mol. The molecule has 9 heteroatoms. The molecule has 1 aromatic rings. The number of nitrogens with zero attached hydrogens (tertiary/aromatic N) is 1. The van der Waals surface area contributed by atoms with Crippen molar-refractivity contribution in [3.8, 4) is 5.75 Å². The van der Waals surface area contributed by atoms with Crippen molar-refractivity contribution in [1.82, 2.24) is 9.62 Å². The highest BCUT2D eigenvalue weighted by molar-refractivity contribution is 7.89. The number of rotatable bonds is 6. The lowest BCUT2D eigenvalue weighted by Crippen LogP contribution is -2.38. The largest absolute Gasteiger partial charge is 0.496 e. The van der Waals surface area contributed by atoms with Crippen LogP contribution in [0.15, 0.2) is 23.1 Å². The van der Waals surface area contributed by atoms with Gasteiger partial charge in [0.1, 0.15) is 11.8 Å². The first kappa shape index (κ1) is 17.9. The molecule has 2 N–H and O–H groups in total. The van der Waals surface area contributed by atoms with Gasteiger partial charge in [-0.3, -0.25) is 9.59 Å². The lowest BCUT2D eigenvalue weighted by molar-refractivity contribution is -0.138. The molecule has 122 valence electrons. The monoisotopic (exact) mass is 330 g/mol. The van der Waals surface area contributed by atoms with E-state index in [1.54, 1.807) is 0 Å². The first-order chi connectivity index (χ1) is 10.1. The van der Waals surface area contributed by atoms with Gasteiger partial charge in [0.25, 0.3) is 5.91 Å². The van der Waals surface area contributed by atoms with Crippen molar-refractivity contribution in [3.63, 3.8) is 0 Å². The van der Waals surface area contributed by atoms with Crippen molar-refractivity contribution in [3.05, 3.63) is 23.8 Å². The number of aliphatic carboxylic acids is 1. The van der Waals surface area contributed by atoms with Crippen molar-refractivity contribution < 1.29 is 27.9 Å². The normalized spacial score (nSPS) is 12.5. The average molecular weight is 330 g/mol. The van der Waals surface area contributed by atoms with Gasteiger partial charge >= 0.3 is 5.97 Å². The Bertz CT molecular complexity index is 684. The second-order valence-corrected chi connectivity index (χ2v) is 6.46. The molecule has 1 amide bonds. The average Bonchev–Trinajstić information content (AvgIpc) is 2.44. The quantitative estimate of drug-likeness (QED) is 0.767. The molecule has 22 heavy (non-hydrogen) atoms. The highest BCUT2D eigenvalue weighted by Crippen LogP contribution is 2.23. The van der Waals surface area contributed by atoms with E-state index in [9.17, 15) is 18.0 Å². The van der Waals surface area contributed by atoms with Crippen molar-refractivity contribution >= 4 is 21.9 Å². The number of carboxylic acids is 1. The van der Waals surface area contributed by atoms with E-state index >= 15 is 0 Å². The Morgan fingerprint density at radius 3 is 2.36 bits per heavy atom. The van der Waals surface area contributed by atoms with Crippen molar-refractivity contribution in [2.45, 2.75) is 17.9 Å². The van der Waals surface area contributed by atoms with Gasteiger partial charge in [0.05, 0.1) is 17.6 Å². The first-order valence-electron chi connectivity index (χ1n) is 6.25. The number of hydrogen-bond acceptors (Lipinski definition) is 5. The molecule has 0 aromatic heterocycles. The van der Waals surface area contributed by atoms with Crippen LogP contribution in [0.2, 0.25) is 0 Å². The Morgan fingerprint density at radius 2 is 1.91 bits per heavy atom. The molecule has 0 fully saturated rings. The van der Waals surface area contributed by atoms with E-state index in [1.165, 1.54) is 45.2 Å². The van der Waals surface area contributed by atoms with Crippen LogP contribution in [0.25, 0.3) is 0 Å². The van der Waals surface area contributed by atoms with E-state index in [4.69, 9.17) is 9.84 Å². The summed E-state index contributed by atoms with van der Waals surface area (Å²) in [7, 11) is 0.336. The van der Waals surface area contributed by atoms with Crippen LogP contribution in [0.4, 0.5) is 0 Å². The Morgan fingerprint density at radius 1 is 1.32 bits per heavy atom. The molecule has 1 unspecified atom stereocenters. The highest BCUT2D eigenvalue weighted by atomic mass is 32.2. The maximum Gasteiger partial charge on any atom is 0.321 e. The van der Waals surface area contributed by atoms with Gasteiger partial charge in [-0.1, -0.05) is 0 Å². The van der Waals surface area contributed by atoms with Crippen LogP contribution in [0.3, 0.4) is 0 Å². The van der Waals surface area contributed by atoms with E-state index in [2.05, 4.69) is 0 Å². The number of methoxy groups -OCH3 is 1. The first-order valence-corrected chi connectivity index (χ1v) is 7.73. The maximum absolute atomic E-state index is 12.2. The number of carboxylic acid groups (broad SMARTS) is 1. The van der Waals surface area contributed by atoms with Gasteiger partial charge < -0.3 is 14.7 Å². The zero-order valence-electron chi connectivity index (χ0n) is 12.7. The Balaban J connectivity index is 3.29. The zero-order chi connectivity index (χ0) is 17.1. The van der Waals surface area contributed by atoms with Gasteiger partial charge in [-0.25, -0.2) is 8.42 Å². The SMILES string of the molecule is COc1ccc(S(=O)(=O)NC(C)C(=O)O)cc1C(=O)N(C)C. The molecule has 0 bridgehead atoms. The minimum Gasteiger partial charge on any atom is -0.496 e. The number of hydrogen-bond donors (Lipinski definition) is 2. The maximum atomic E-state index is 12.2. The molecule has 0 radical (unpaired) electrons. The van der Waals surface area contributed by atoms with E-state index in [1.807, 2.05) is 4.72 Å². The predicted octanol–water partition coefficient (Wildman–Crippen LogP) is 0.148. The fourth-order valence-electron chi connectivity index (χ4n) is 1.61. The highest BCUT2D eigenvalue weighted by Gasteiger charge is 2.24. The molecular formula is C13H18N2O6S. The molecule has 0 aliphatic carbocycles. The number of sulfonamides is 1. The Labute approximate surface area is 128 Å². The summed E-state index contributed by atoms with van der Waals surface area (Å²) in [5.74, 6) is -1.51. The van der Waals surface area contributed by atoms with Gasteiger partial charge in [-0.05, 0) is 25.1 Å². The summed E-state index contributed by atoms with van der Waals surface area (Å²) in [6.45, 7) is 1.20. The van der Waals surface area contributed by atoms with Gasteiger partial charge in [0.15, 0.2) is 0 Å². The summed E-state index contributed by atoms with van der Waals surface area (Å²) in [4.78, 5) is 23.9. The van der Waals surface area contributed by atoms with E-state index in [0.717, 1.165) is 6.07 Å². The minimum atomic E-state index is -4.07. The number of ether oxygens (including phenoxy) is 1. The molecule has 1 rings (SSSR count). The third-order valence-corrected chi connectivity index (χ3v) is 4.36. The van der Waals surface area contributed by atoms with Crippen molar-refractivity contribution in [2.24, 2.45) is 0 Å².